The van der Waals surface area contributed by atoms with Gasteiger partial charge in [0.1, 0.15) is 0 Å². The molecule has 1 aromatic heterocycles. The van der Waals surface area contributed by atoms with Gasteiger partial charge in [-0.3, -0.25) is 4.79 Å². The van der Waals surface area contributed by atoms with Gasteiger partial charge in [-0.05, 0) is 12.8 Å². The molecule has 3 rings (SSSR count). The van der Waals surface area contributed by atoms with Gasteiger partial charge in [0.25, 0.3) is 5.91 Å². The SMILES string of the molecule is O=C(OC(C(=O)N1CCCC1)c1ccccc1)c1cc[n+]([O-])cc1. The van der Waals surface area contributed by atoms with Crippen LogP contribution in [0.2, 0.25) is 0 Å². The molecule has 1 aromatic carbocycles. The van der Waals surface area contributed by atoms with Crippen molar-refractivity contribution in [3.05, 3.63) is 71.2 Å². The molecule has 6 nitrogen and oxygen atoms in total. The van der Waals surface area contributed by atoms with Crippen LogP contribution in [0.15, 0.2) is 54.9 Å². The predicted molar refractivity (Wildman–Crippen MR) is 85.8 cm³/mol. The van der Waals surface area contributed by atoms with Crippen LogP contribution in [0.1, 0.15) is 34.9 Å². The van der Waals surface area contributed by atoms with Gasteiger partial charge in [0.15, 0.2) is 12.4 Å². The molecule has 0 spiro atoms. The molecule has 2 aromatic rings. The highest BCUT2D eigenvalue weighted by molar-refractivity contribution is 5.92. The lowest BCUT2D eigenvalue weighted by molar-refractivity contribution is -0.605. The fourth-order valence-electron chi connectivity index (χ4n) is 2.72. The van der Waals surface area contributed by atoms with Crippen LogP contribution in [0.3, 0.4) is 0 Å². The first-order chi connectivity index (χ1) is 11.6. The Balaban J connectivity index is 1.83. The third-order valence-electron chi connectivity index (χ3n) is 4.01. The Bertz CT molecular complexity index is 710. The van der Waals surface area contributed by atoms with E-state index >= 15 is 0 Å². The highest BCUT2D eigenvalue weighted by Crippen LogP contribution is 2.24. The zero-order valence-electron chi connectivity index (χ0n) is 13.1. The quantitative estimate of drug-likeness (QED) is 0.488. The van der Waals surface area contributed by atoms with E-state index < -0.39 is 12.1 Å². The molecule has 2 heterocycles. The van der Waals surface area contributed by atoms with E-state index in [1.54, 1.807) is 29.2 Å². The number of hydrogen-bond donors (Lipinski definition) is 0. The van der Waals surface area contributed by atoms with Crippen molar-refractivity contribution in [2.75, 3.05) is 13.1 Å². The van der Waals surface area contributed by atoms with E-state index in [4.69, 9.17) is 4.74 Å². The summed E-state index contributed by atoms with van der Waals surface area (Å²) in [5.41, 5.74) is 0.870. The zero-order chi connectivity index (χ0) is 16.9. The second kappa shape index (κ2) is 7.12. The monoisotopic (exact) mass is 326 g/mol. The van der Waals surface area contributed by atoms with E-state index in [1.807, 2.05) is 6.07 Å². The normalized spacial score (nSPS) is 15.1. The van der Waals surface area contributed by atoms with Crippen LogP contribution in [-0.4, -0.2) is 29.9 Å². The molecule has 1 amide bonds. The van der Waals surface area contributed by atoms with Crippen molar-refractivity contribution in [1.29, 1.82) is 0 Å². The summed E-state index contributed by atoms with van der Waals surface area (Å²) in [6, 6.07) is 11.7. The second-order valence-corrected chi connectivity index (χ2v) is 5.68. The average Bonchev–Trinajstić information content (AvgIpc) is 3.15. The van der Waals surface area contributed by atoms with Gasteiger partial charge in [0.2, 0.25) is 6.10 Å². The molecule has 24 heavy (non-hydrogen) atoms. The van der Waals surface area contributed by atoms with Gasteiger partial charge in [0.05, 0.1) is 5.56 Å². The van der Waals surface area contributed by atoms with Crippen LogP contribution < -0.4 is 4.73 Å². The number of carbonyl (C=O) groups is 2. The number of ether oxygens (including phenoxy) is 1. The maximum atomic E-state index is 12.8. The van der Waals surface area contributed by atoms with Gasteiger partial charge < -0.3 is 14.8 Å². The van der Waals surface area contributed by atoms with Crippen molar-refractivity contribution in [2.45, 2.75) is 18.9 Å². The summed E-state index contributed by atoms with van der Waals surface area (Å²) in [6.07, 6.45) is 3.39. The molecule has 1 aliphatic heterocycles. The number of nitrogens with zero attached hydrogens (tertiary/aromatic N) is 2. The van der Waals surface area contributed by atoms with E-state index in [-0.39, 0.29) is 11.5 Å². The largest absolute Gasteiger partial charge is 0.619 e. The molecular formula is C18H18N2O4. The number of hydrogen-bond acceptors (Lipinski definition) is 4. The Morgan fingerprint density at radius 1 is 1.04 bits per heavy atom. The van der Waals surface area contributed by atoms with E-state index in [0.29, 0.717) is 23.4 Å². The van der Waals surface area contributed by atoms with E-state index in [0.717, 1.165) is 12.8 Å². The number of rotatable bonds is 4. The number of carbonyl (C=O) groups excluding carboxylic acids is 2. The number of amides is 1. The van der Waals surface area contributed by atoms with Crippen molar-refractivity contribution in [1.82, 2.24) is 4.90 Å². The molecule has 1 atom stereocenters. The highest BCUT2D eigenvalue weighted by atomic mass is 16.5. The molecule has 1 fully saturated rings. The fourth-order valence-corrected chi connectivity index (χ4v) is 2.72. The van der Waals surface area contributed by atoms with Crippen LogP contribution in [0.25, 0.3) is 0 Å². The summed E-state index contributed by atoms with van der Waals surface area (Å²) in [5.74, 6) is -0.834. The van der Waals surface area contributed by atoms with E-state index in [2.05, 4.69) is 0 Å². The third-order valence-corrected chi connectivity index (χ3v) is 4.01. The maximum Gasteiger partial charge on any atom is 0.339 e. The minimum Gasteiger partial charge on any atom is -0.619 e. The van der Waals surface area contributed by atoms with Crippen LogP contribution in [0, 0.1) is 5.21 Å². The van der Waals surface area contributed by atoms with E-state index in [1.165, 1.54) is 24.5 Å². The maximum absolute atomic E-state index is 12.8. The molecule has 1 unspecified atom stereocenters. The standard InChI is InChI=1S/C18H18N2O4/c21-17(19-10-4-5-11-19)16(14-6-2-1-3-7-14)24-18(22)15-8-12-20(23)13-9-15/h1-3,6-9,12-13,16H,4-5,10-11H2. The van der Waals surface area contributed by atoms with Crippen molar-refractivity contribution in [3.8, 4) is 0 Å². The first-order valence-corrected chi connectivity index (χ1v) is 7.89. The zero-order valence-corrected chi connectivity index (χ0v) is 13.1. The van der Waals surface area contributed by atoms with Crippen molar-refractivity contribution >= 4 is 11.9 Å². The first kappa shape index (κ1) is 16.0. The van der Waals surface area contributed by atoms with Gasteiger partial charge in [0, 0.05) is 30.8 Å². The van der Waals surface area contributed by atoms with Crippen LogP contribution in [0.4, 0.5) is 0 Å². The summed E-state index contributed by atoms with van der Waals surface area (Å²) < 4.78 is 6.08. The number of pyridine rings is 1. The lowest BCUT2D eigenvalue weighted by Crippen LogP contribution is -2.35. The summed E-state index contributed by atoms with van der Waals surface area (Å²) in [7, 11) is 0. The predicted octanol–water partition coefficient (Wildman–Crippen LogP) is 1.84. The number of esters is 1. The molecule has 1 saturated heterocycles. The lowest BCUT2D eigenvalue weighted by atomic mass is 10.1. The number of aromatic nitrogens is 1. The lowest BCUT2D eigenvalue weighted by Gasteiger charge is -2.23. The summed E-state index contributed by atoms with van der Waals surface area (Å²) in [5, 5.41) is 11.1. The highest BCUT2D eigenvalue weighted by Gasteiger charge is 2.31. The molecule has 0 saturated carbocycles. The van der Waals surface area contributed by atoms with E-state index in [9.17, 15) is 14.8 Å². The van der Waals surface area contributed by atoms with Crippen LogP contribution >= 0.6 is 0 Å². The smallest absolute Gasteiger partial charge is 0.339 e. The molecule has 124 valence electrons. The Labute approximate surface area is 139 Å². The molecule has 6 heteroatoms. The topological polar surface area (TPSA) is 73.6 Å². The van der Waals surface area contributed by atoms with Crippen LogP contribution in [-0.2, 0) is 9.53 Å². The molecular weight excluding hydrogens is 308 g/mol. The fraction of sp³-hybridized carbons (Fsp3) is 0.278. The number of likely N-dealkylation sites (tertiary alicyclic amines) is 1. The summed E-state index contributed by atoms with van der Waals surface area (Å²) >= 11 is 0. The van der Waals surface area contributed by atoms with Crippen LogP contribution in [0.5, 0.6) is 0 Å². The molecule has 1 aliphatic rings. The molecule has 0 aliphatic carbocycles. The third kappa shape index (κ3) is 3.53. The van der Waals surface area contributed by atoms with Gasteiger partial charge in [-0.1, -0.05) is 30.3 Å². The molecule has 0 radical (unpaired) electrons. The van der Waals surface area contributed by atoms with Gasteiger partial charge in [-0.25, -0.2) is 4.79 Å². The van der Waals surface area contributed by atoms with Crippen molar-refractivity contribution in [2.24, 2.45) is 0 Å². The van der Waals surface area contributed by atoms with Crippen molar-refractivity contribution < 1.29 is 19.1 Å². The van der Waals surface area contributed by atoms with Gasteiger partial charge in [-0.2, -0.15) is 4.73 Å². The second-order valence-electron chi connectivity index (χ2n) is 5.68. The Kier molecular flexibility index (Phi) is 4.74. The Hall–Kier alpha value is -2.89. The minimum absolute atomic E-state index is 0.207. The average molecular weight is 326 g/mol. The summed E-state index contributed by atoms with van der Waals surface area (Å²) in [6.45, 7) is 1.36. The Morgan fingerprint density at radius 3 is 2.29 bits per heavy atom. The van der Waals surface area contributed by atoms with Gasteiger partial charge >= 0.3 is 5.97 Å². The molecule has 0 bridgehead atoms. The number of benzene rings is 1. The minimum atomic E-state index is -0.976. The molecule has 0 N–H and O–H groups in total. The summed E-state index contributed by atoms with van der Waals surface area (Å²) in [4.78, 5) is 26.8. The Morgan fingerprint density at radius 2 is 1.67 bits per heavy atom. The first-order valence-electron chi connectivity index (χ1n) is 7.89. The van der Waals surface area contributed by atoms with Crippen molar-refractivity contribution in [3.63, 3.8) is 0 Å². The van der Waals surface area contributed by atoms with Gasteiger partial charge in [-0.15, -0.1) is 0 Å².